The molecule has 2 rings (SSSR count). The van der Waals surface area contributed by atoms with Crippen molar-refractivity contribution in [3.05, 3.63) is 71.7 Å². The summed E-state index contributed by atoms with van der Waals surface area (Å²) in [6.45, 7) is 13.5. The van der Waals surface area contributed by atoms with E-state index < -0.39 is 16.0 Å². The van der Waals surface area contributed by atoms with Gasteiger partial charge in [0.05, 0.1) is 14.7 Å². The number of carbonyl (C=O) groups is 1. The molecule has 0 aliphatic carbocycles. The van der Waals surface area contributed by atoms with Crippen LogP contribution in [0.15, 0.2) is 71.7 Å². The molecule has 4 heteroatoms. The second-order valence-corrected chi connectivity index (χ2v) is 15.5. The highest BCUT2D eigenvalue weighted by atomic mass is 31.1. The summed E-state index contributed by atoms with van der Waals surface area (Å²) in [5.74, 6) is 2.08. The van der Waals surface area contributed by atoms with Gasteiger partial charge in [0.1, 0.15) is 0 Å². The summed E-state index contributed by atoms with van der Waals surface area (Å²) in [6.07, 6.45) is 0. The van der Waals surface area contributed by atoms with Gasteiger partial charge in [0, 0.05) is 5.20 Å². The number of rotatable bonds is 6. The maximum Gasteiger partial charge on any atom is 0.329 e. The van der Waals surface area contributed by atoms with Crippen molar-refractivity contribution in [2.75, 3.05) is 6.61 Å². The first-order chi connectivity index (χ1) is 12.7. The molecule has 0 N–H and O–H groups in total. The van der Waals surface area contributed by atoms with E-state index in [4.69, 9.17) is 4.74 Å². The Bertz CT molecular complexity index is 738. The largest absolute Gasteiger partial charge is 0.463 e. The Morgan fingerprint density at radius 2 is 1.41 bits per heavy atom. The van der Waals surface area contributed by atoms with Gasteiger partial charge >= 0.3 is 5.97 Å². The van der Waals surface area contributed by atoms with E-state index in [0.29, 0.717) is 6.61 Å². The zero-order valence-corrected chi connectivity index (χ0v) is 19.2. The Balaban J connectivity index is 2.66. The molecule has 0 aliphatic heterocycles. The van der Waals surface area contributed by atoms with Crippen LogP contribution in [0.5, 0.6) is 0 Å². The quantitative estimate of drug-likeness (QED) is 0.273. The van der Waals surface area contributed by atoms with Crippen LogP contribution in [0.2, 0.25) is 18.1 Å². The van der Waals surface area contributed by atoms with Gasteiger partial charge in [-0.05, 0) is 36.3 Å². The van der Waals surface area contributed by atoms with Crippen molar-refractivity contribution in [2.24, 2.45) is 0 Å². The predicted molar refractivity (Wildman–Crippen MR) is 121 cm³/mol. The van der Waals surface area contributed by atoms with Crippen LogP contribution in [-0.2, 0) is 9.53 Å². The molecular weight excluding hydrogens is 367 g/mol. The fourth-order valence-electron chi connectivity index (χ4n) is 2.69. The molecule has 0 spiro atoms. The first-order valence-electron chi connectivity index (χ1n) is 9.47. The van der Waals surface area contributed by atoms with Crippen molar-refractivity contribution in [3.63, 3.8) is 0 Å². The highest BCUT2D eigenvalue weighted by molar-refractivity contribution is 7.76. The van der Waals surface area contributed by atoms with E-state index in [1.807, 2.05) is 19.1 Å². The molecule has 0 atom stereocenters. The highest BCUT2D eigenvalue weighted by Crippen LogP contribution is 2.45. The van der Waals surface area contributed by atoms with E-state index in [1.165, 1.54) is 10.6 Å². The zero-order valence-electron chi connectivity index (χ0n) is 17.3. The van der Waals surface area contributed by atoms with Crippen LogP contribution in [-0.4, -0.2) is 20.7 Å². The van der Waals surface area contributed by atoms with Crippen LogP contribution >= 0.6 is 7.92 Å². The van der Waals surface area contributed by atoms with E-state index in [9.17, 15) is 4.79 Å². The van der Waals surface area contributed by atoms with E-state index in [0.717, 1.165) is 5.20 Å². The lowest BCUT2D eigenvalue weighted by Gasteiger charge is -2.38. The summed E-state index contributed by atoms with van der Waals surface area (Å²) in [5, 5.41) is 3.45. The Kier molecular flexibility index (Phi) is 7.19. The van der Waals surface area contributed by atoms with Crippen molar-refractivity contribution in [2.45, 2.75) is 45.8 Å². The minimum Gasteiger partial charge on any atom is -0.463 e. The van der Waals surface area contributed by atoms with Crippen molar-refractivity contribution in [1.29, 1.82) is 0 Å². The molecule has 0 radical (unpaired) electrons. The molecule has 144 valence electrons. The van der Waals surface area contributed by atoms with Gasteiger partial charge in [0.25, 0.3) is 0 Å². The second-order valence-electron chi connectivity index (χ2n) is 8.18. The van der Waals surface area contributed by atoms with Gasteiger partial charge in [-0.25, -0.2) is 4.79 Å². The summed E-state index contributed by atoms with van der Waals surface area (Å²) in [7, 11) is -2.83. The summed E-state index contributed by atoms with van der Waals surface area (Å²) in [4.78, 5) is 13.0. The van der Waals surface area contributed by atoms with Crippen LogP contribution in [0.25, 0.3) is 0 Å². The minimum atomic E-state index is -2.06. The van der Waals surface area contributed by atoms with E-state index >= 15 is 0 Å². The lowest BCUT2D eigenvalue weighted by molar-refractivity contribution is -0.137. The number of esters is 1. The zero-order chi connectivity index (χ0) is 20.1. The Morgan fingerprint density at radius 1 is 0.963 bits per heavy atom. The van der Waals surface area contributed by atoms with Crippen LogP contribution in [0.3, 0.4) is 0 Å². The molecule has 0 saturated carbocycles. The Hall–Kier alpha value is -1.70. The summed E-state index contributed by atoms with van der Waals surface area (Å²) < 4.78 is 5.50. The fraction of sp³-hybridized carbons (Fsp3) is 0.348. The third kappa shape index (κ3) is 5.18. The van der Waals surface area contributed by atoms with E-state index in [1.54, 1.807) is 0 Å². The second kappa shape index (κ2) is 8.99. The van der Waals surface area contributed by atoms with Gasteiger partial charge in [-0.15, -0.1) is 0 Å². The molecule has 0 heterocycles. The van der Waals surface area contributed by atoms with Crippen LogP contribution < -0.4 is 10.6 Å². The van der Waals surface area contributed by atoms with Gasteiger partial charge in [-0.1, -0.05) is 94.5 Å². The lowest BCUT2D eigenvalue weighted by Crippen LogP contribution is -2.43. The SMILES string of the molecule is CCOC(=O)/C(=C/P(c1ccccc1)c1ccccc1)[Si](C)(C)C(C)(C)C. The first kappa shape index (κ1) is 21.6. The molecule has 0 aromatic heterocycles. The van der Waals surface area contributed by atoms with Gasteiger partial charge < -0.3 is 4.74 Å². The minimum absolute atomic E-state index is 0.0555. The standard InChI is InChI=1S/C23H31O2PSi/c1-7-25-22(24)21(27(5,6)23(2,3)4)18-26(19-14-10-8-11-15-19)20-16-12-9-13-17-20/h8-18H,7H2,1-6H3/b21-18-. The summed E-state index contributed by atoms with van der Waals surface area (Å²) >= 11 is 0. The predicted octanol–water partition coefficient (Wildman–Crippen LogP) is 5.61. The highest BCUT2D eigenvalue weighted by Gasteiger charge is 2.42. The van der Waals surface area contributed by atoms with Gasteiger partial charge in [0.2, 0.25) is 0 Å². The fourth-order valence-corrected chi connectivity index (χ4v) is 7.70. The van der Waals surface area contributed by atoms with Gasteiger partial charge in [0.15, 0.2) is 0 Å². The third-order valence-corrected chi connectivity index (χ3v) is 13.3. The lowest BCUT2D eigenvalue weighted by atomic mass is 10.2. The van der Waals surface area contributed by atoms with Crippen LogP contribution in [0, 0.1) is 0 Å². The number of ether oxygens (including phenoxy) is 1. The molecule has 2 nitrogen and oxygen atoms in total. The Labute approximate surface area is 166 Å². The molecule has 0 unspecified atom stereocenters. The maximum atomic E-state index is 13.0. The number of hydrogen-bond donors (Lipinski definition) is 0. The molecule has 27 heavy (non-hydrogen) atoms. The Morgan fingerprint density at radius 3 is 1.78 bits per heavy atom. The van der Waals surface area contributed by atoms with Crippen molar-refractivity contribution in [3.8, 4) is 0 Å². The summed E-state index contributed by atoms with van der Waals surface area (Å²) in [6, 6.07) is 21.0. The number of hydrogen-bond acceptors (Lipinski definition) is 2. The van der Waals surface area contributed by atoms with Crippen LogP contribution in [0.4, 0.5) is 0 Å². The van der Waals surface area contributed by atoms with Crippen molar-refractivity contribution >= 4 is 32.6 Å². The average molecular weight is 399 g/mol. The first-order valence-corrected chi connectivity index (χ1v) is 13.9. The van der Waals surface area contributed by atoms with Crippen molar-refractivity contribution < 1.29 is 9.53 Å². The molecule has 0 fully saturated rings. The molecule has 0 saturated heterocycles. The summed E-state index contributed by atoms with van der Waals surface area (Å²) in [5.41, 5.74) is 0. The molecule has 2 aromatic carbocycles. The monoisotopic (exact) mass is 398 g/mol. The van der Waals surface area contributed by atoms with Crippen LogP contribution in [0.1, 0.15) is 27.7 Å². The maximum absolute atomic E-state index is 13.0. The third-order valence-electron chi connectivity index (χ3n) is 5.37. The number of carbonyl (C=O) groups excluding carboxylic acids is 1. The van der Waals surface area contributed by atoms with Gasteiger partial charge in [-0.3, -0.25) is 0 Å². The van der Waals surface area contributed by atoms with E-state index in [-0.39, 0.29) is 11.0 Å². The van der Waals surface area contributed by atoms with Crippen molar-refractivity contribution in [1.82, 2.24) is 0 Å². The smallest absolute Gasteiger partial charge is 0.329 e. The van der Waals surface area contributed by atoms with Gasteiger partial charge in [-0.2, -0.15) is 0 Å². The average Bonchev–Trinajstić information content (AvgIpc) is 2.63. The van der Waals surface area contributed by atoms with E-state index in [2.05, 4.69) is 88.2 Å². The molecule has 0 bridgehead atoms. The molecule has 0 aliphatic rings. The molecular formula is C23H31O2PSi. The number of benzene rings is 2. The molecule has 0 amide bonds. The normalized spacial score (nSPS) is 12.9. The molecule has 2 aromatic rings. The topological polar surface area (TPSA) is 26.3 Å².